The average molecular weight is 217 g/mol. The van der Waals surface area contributed by atoms with Gasteiger partial charge in [0.15, 0.2) is 5.82 Å². The number of benzene rings is 1. The van der Waals surface area contributed by atoms with Crippen LogP contribution < -0.4 is 5.32 Å². The number of aryl methyl sites for hydroxylation is 1. The molecular weight excluding hydrogens is 206 g/mol. The Morgan fingerprint density at radius 1 is 1.44 bits per heavy atom. The van der Waals surface area contributed by atoms with E-state index in [2.05, 4.69) is 15.5 Å². The van der Waals surface area contributed by atoms with E-state index in [1.165, 1.54) is 0 Å². The minimum absolute atomic E-state index is 0.418. The summed E-state index contributed by atoms with van der Waals surface area (Å²) in [4.78, 5) is 14.6. The summed E-state index contributed by atoms with van der Waals surface area (Å²) in [5, 5.41) is 6.40. The zero-order chi connectivity index (χ0) is 11.4. The van der Waals surface area contributed by atoms with Crippen LogP contribution in [0.15, 0.2) is 28.8 Å². The normalized spacial score (nSPS) is 10.1. The molecule has 0 unspecified atom stereocenters. The summed E-state index contributed by atoms with van der Waals surface area (Å²) in [6.45, 7) is 1.95. The number of hydrogen-bond acceptors (Lipinski definition) is 4. The van der Waals surface area contributed by atoms with Crippen molar-refractivity contribution in [3.63, 3.8) is 0 Å². The zero-order valence-corrected chi connectivity index (χ0v) is 8.80. The molecule has 0 aliphatic heterocycles. The van der Waals surface area contributed by atoms with Crippen LogP contribution >= 0.6 is 0 Å². The summed E-state index contributed by atoms with van der Waals surface area (Å²) in [5.41, 5.74) is 1.38. The summed E-state index contributed by atoms with van der Waals surface area (Å²) in [6.07, 6.45) is 1.34. The van der Waals surface area contributed by atoms with Gasteiger partial charge in [0, 0.05) is 6.42 Å². The van der Waals surface area contributed by atoms with Crippen molar-refractivity contribution in [3.05, 3.63) is 30.1 Å². The lowest BCUT2D eigenvalue weighted by Gasteiger charge is -2.02. The number of rotatable bonds is 4. The Bertz CT molecular complexity index is 493. The van der Waals surface area contributed by atoms with Crippen molar-refractivity contribution in [2.45, 2.75) is 13.3 Å². The van der Waals surface area contributed by atoms with Crippen molar-refractivity contribution < 1.29 is 9.32 Å². The summed E-state index contributed by atoms with van der Waals surface area (Å²) >= 11 is 0. The number of nitrogens with zero attached hydrogens (tertiary/aromatic N) is 2. The Kier molecular flexibility index (Phi) is 2.95. The minimum atomic E-state index is 0.418. The van der Waals surface area contributed by atoms with E-state index in [-0.39, 0.29) is 0 Å². The second kappa shape index (κ2) is 4.57. The van der Waals surface area contributed by atoms with Gasteiger partial charge in [0.1, 0.15) is 0 Å². The van der Waals surface area contributed by atoms with E-state index in [1.54, 1.807) is 6.07 Å². The zero-order valence-electron chi connectivity index (χ0n) is 8.80. The monoisotopic (exact) mass is 217 g/mol. The number of anilines is 1. The van der Waals surface area contributed by atoms with Crippen molar-refractivity contribution in [3.8, 4) is 11.5 Å². The van der Waals surface area contributed by atoms with Crippen LogP contribution in [0.5, 0.6) is 0 Å². The van der Waals surface area contributed by atoms with Gasteiger partial charge in [-0.2, -0.15) is 4.98 Å². The third-order valence-corrected chi connectivity index (χ3v) is 2.16. The van der Waals surface area contributed by atoms with E-state index in [1.807, 2.05) is 25.1 Å². The fraction of sp³-hybridized carbons (Fsp3) is 0.182. The third kappa shape index (κ3) is 1.93. The number of para-hydroxylation sites is 1. The molecule has 5 heteroatoms. The molecule has 0 spiro atoms. The standard InChI is InChI=1S/C11H11N3O2/c1-2-10-13-11(16-14-10)8-5-3-4-6-9(8)12-7-15/h3-7H,2H2,1H3,(H,12,15). The first-order valence-corrected chi connectivity index (χ1v) is 4.97. The Morgan fingerprint density at radius 2 is 2.25 bits per heavy atom. The Labute approximate surface area is 92.5 Å². The molecule has 0 aliphatic rings. The van der Waals surface area contributed by atoms with Gasteiger partial charge >= 0.3 is 0 Å². The van der Waals surface area contributed by atoms with E-state index in [9.17, 15) is 4.79 Å². The number of carbonyl (C=O) groups is 1. The van der Waals surface area contributed by atoms with Gasteiger partial charge in [-0.1, -0.05) is 24.2 Å². The SMILES string of the molecule is CCc1noc(-c2ccccc2NC=O)n1. The van der Waals surface area contributed by atoms with E-state index in [0.29, 0.717) is 30.2 Å². The summed E-state index contributed by atoms with van der Waals surface area (Å²) in [7, 11) is 0. The number of amides is 1. The van der Waals surface area contributed by atoms with Crippen molar-refractivity contribution in [1.82, 2.24) is 10.1 Å². The minimum Gasteiger partial charge on any atom is -0.334 e. The molecule has 1 amide bonds. The highest BCUT2D eigenvalue weighted by atomic mass is 16.5. The van der Waals surface area contributed by atoms with Crippen LogP contribution in [0, 0.1) is 0 Å². The van der Waals surface area contributed by atoms with Crippen molar-refractivity contribution in [2.24, 2.45) is 0 Å². The molecule has 0 bridgehead atoms. The Morgan fingerprint density at radius 3 is 2.94 bits per heavy atom. The fourth-order valence-corrected chi connectivity index (χ4v) is 1.37. The predicted molar refractivity (Wildman–Crippen MR) is 58.8 cm³/mol. The molecule has 1 aromatic heterocycles. The van der Waals surface area contributed by atoms with Gasteiger partial charge in [-0.25, -0.2) is 0 Å². The molecule has 0 atom stereocenters. The molecule has 5 nitrogen and oxygen atoms in total. The van der Waals surface area contributed by atoms with Gasteiger partial charge < -0.3 is 9.84 Å². The van der Waals surface area contributed by atoms with Crippen molar-refractivity contribution in [2.75, 3.05) is 5.32 Å². The summed E-state index contributed by atoms with van der Waals surface area (Å²) in [6, 6.07) is 7.27. The maximum Gasteiger partial charge on any atom is 0.260 e. The first kappa shape index (κ1) is 10.4. The highest BCUT2D eigenvalue weighted by Gasteiger charge is 2.11. The molecule has 0 fully saturated rings. The lowest BCUT2D eigenvalue weighted by molar-refractivity contribution is -0.105. The molecule has 0 aliphatic carbocycles. The lowest BCUT2D eigenvalue weighted by Crippen LogP contribution is -1.96. The van der Waals surface area contributed by atoms with Gasteiger partial charge in [-0.3, -0.25) is 4.79 Å². The predicted octanol–water partition coefficient (Wildman–Crippen LogP) is 1.87. The first-order valence-electron chi connectivity index (χ1n) is 4.97. The molecule has 2 aromatic rings. The van der Waals surface area contributed by atoms with Gasteiger partial charge in [0.05, 0.1) is 11.3 Å². The van der Waals surface area contributed by atoms with E-state index in [4.69, 9.17) is 4.52 Å². The number of hydrogen-bond donors (Lipinski definition) is 1. The maximum atomic E-state index is 10.4. The third-order valence-electron chi connectivity index (χ3n) is 2.16. The highest BCUT2D eigenvalue weighted by molar-refractivity contribution is 5.82. The molecule has 0 saturated heterocycles. The van der Waals surface area contributed by atoms with Crippen LogP contribution in [0.3, 0.4) is 0 Å². The summed E-state index contributed by atoms with van der Waals surface area (Å²) < 4.78 is 5.11. The molecule has 1 heterocycles. The van der Waals surface area contributed by atoms with Crippen LogP contribution in [0.2, 0.25) is 0 Å². The van der Waals surface area contributed by atoms with Crippen molar-refractivity contribution >= 4 is 12.1 Å². The van der Waals surface area contributed by atoms with E-state index in [0.717, 1.165) is 5.56 Å². The van der Waals surface area contributed by atoms with Gasteiger partial charge in [0.25, 0.3) is 5.89 Å². The van der Waals surface area contributed by atoms with E-state index >= 15 is 0 Å². The van der Waals surface area contributed by atoms with Crippen LogP contribution in [0.4, 0.5) is 5.69 Å². The van der Waals surface area contributed by atoms with Gasteiger partial charge in [-0.05, 0) is 12.1 Å². The molecule has 0 saturated carbocycles. The number of carbonyl (C=O) groups excluding carboxylic acids is 1. The molecular formula is C11H11N3O2. The Balaban J connectivity index is 2.42. The molecule has 1 N–H and O–H groups in total. The Hall–Kier alpha value is -2.17. The van der Waals surface area contributed by atoms with Crippen LogP contribution in [-0.4, -0.2) is 16.6 Å². The van der Waals surface area contributed by atoms with Gasteiger partial charge in [-0.15, -0.1) is 0 Å². The van der Waals surface area contributed by atoms with Crippen molar-refractivity contribution in [1.29, 1.82) is 0 Å². The average Bonchev–Trinajstić information content (AvgIpc) is 2.79. The van der Waals surface area contributed by atoms with Crippen LogP contribution in [-0.2, 0) is 11.2 Å². The highest BCUT2D eigenvalue weighted by Crippen LogP contribution is 2.25. The number of nitrogens with one attached hydrogen (secondary N) is 1. The smallest absolute Gasteiger partial charge is 0.260 e. The molecule has 82 valence electrons. The lowest BCUT2D eigenvalue weighted by atomic mass is 10.2. The molecule has 16 heavy (non-hydrogen) atoms. The second-order valence-electron chi connectivity index (χ2n) is 3.18. The van der Waals surface area contributed by atoms with E-state index < -0.39 is 0 Å². The second-order valence-corrected chi connectivity index (χ2v) is 3.18. The quantitative estimate of drug-likeness (QED) is 0.794. The molecule has 1 aromatic carbocycles. The largest absolute Gasteiger partial charge is 0.334 e. The molecule has 2 rings (SSSR count). The maximum absolute atomic E-state index is 10.4. The number of aromatic nitrogens is 2. The molecule has 0 radical (unpaired) electrons. The van der Waals surface area contributed by atoms with Gasteiger partial charge in [0.2, 0.25) is 6.41 Å². The van der Waals surface area contributed by atoms with Crippen LogP contribution in [0.1, 0.15) is 12.7 Å². The topological polar surface area (TPSA) is 68.0 Å². The fourth-order valence-electron chi connectivity index (χ4n) is 1.37. The van der Waals surface area contributed by atoms with Crippen LogP contribution in [0.25, 0.3) is 11.5 Å². The first-order chi connectivity index (χ1) is 7.85. The summed E-state index contributed by atoms with van der Waals surface area (Å²) in [5.74, 6) is 1.07.